The molecule has 1 unspecified atom stereocenters. The smallest absolute Gasteiger partial charge is 0.319 e. The van der Waals surface area contributed by atoms with Crippen LogP contribution in [0, 0.1) is 0 Å². The molecule has 0 aliphatic carbocycles. The SMILES string of the molecule is COC(=O)CNC(C)C(C)(C)O. The number of hydrogen-bond donors (Lipinski definition) is 2. The van der Waals surface area contributed by atoms with Gasteiger partial charge in [0, 0.05) is 6.04 Å². The van der Waals surface area contributed by atoms with Crippen LogP contribution in [0.25, 0.3) is 0 Å². The van der Waals surface area contributed by atoms with Gasteiger partial charge in [-0.15, -0.1) is 0 Å². The number of esters is 1. The van der Waals surface area contributed by atoms with Gasteiger partial charge in [-0.05, 0) is 20.8 Å². The van der Waals surface area contributed by atoms with E-state index in [0.29, 0.717) is 0 Å². The van der Waals surface area contributed by atoms with Crippen molar-refractivity contribution in [3.8, 4) is 0 Å². The van der Waals surface area contributed by atoms with E-state index < -0.39 is 5.60 Å². The molecule has 0 aromatic heterocycles. The number of hydrogen-bond acceptors (Lipinski definition) is 4. The average molecular weight is 175 g/mol. The van der Waals surface area contributed by atoms with Crippen LogP contribution in [0.2, 0.25) is 0 Å². The van der Waals surface area contributed by atoms with E-state index in [1.807, 2.05) is 6.92 Å². The molecule has 0 aliphatic rings. The minimum Gasteiger partial charge on any atom is -0.468 e. The van der Waals surface area contributed by atoms with Crippen molar-refractivity contribution < 1.29 is 14.6 Å². The van der Waals surface area contributed by atoms with Gasteiger partial charge in [-0.2, -0.15) is 0 Å². The molecule has 0 fully saturated rings. The lowest BCUT2D eigenvalue weighted by Crippen LogP contribution is -2.46. The maximum Gasteiger partial charge on any atom is 0.319 e. The second kappa shape index (κ2) is 4.42. The normalized spacial score (nSPS) is 14.1. The zero-order valence-corrected chi connectivity index (χ0v) is 8.05. The maximum absolute atomic E-state index is 10.7. The van der Waals surface area contributed by atoms with Crippen molar-refractivity contribution in [2.75, 3.05) is 13.7 Å². The maximum atomic E-state index is 10.7. The Morgan fingerprint density at radius 3 is 2.50 bits per heavy atom. The molecule has 0 radical (unpaired) electrons. The van der Waals surface area contributed by atoms with E-state index >= 15 is 0 Å². The van der Waals surface area contributed by atoms with Crippen molar-refractivity contribution in [3.05, 3.63) is 0 Å². The summed E-state index contributed by atoms with van der Waals surface area (Å²) in [5.41, 5.74) is -0.825. The molecule has 0 spiro atoms. The lowest BCUT2D eigenvalue weighted by molar-refractivity contribution is -0.139. The Balaban J connectivity index is 3.72. The van der Waals surface area contributed by atoms with Crippen LogP contribution in [0.15, 0.2) is 0 Å². The van der Waals surface area contributed by atoms with Gasteiger partial charge in [-0.1, -0.05) is 0 Å². The molecule has 1 atom stereocenters. The zero-order valence-electron chi connectivity index (χ0n) is 8.05. The summed E-state index contributed by atoms with van der Waals surface area (Å²) in [4.78, 5) is 10.7. The standard InChI is InChI=1S/C8H17NO3/c1-6(8(2,3)11)9-5-7(10)12-4/h6,9,11H,5H2,1-4H3. The highest BCUT2D eigenvalue weighted by atomic mass is 16.5. The fourth-order valence-electron chi connectivity index (χ4n) is 0.558. The van der Waals surface area contributed by atoms with Gasteiger partial charge in [0.2, 0.25) is 0 Å². The van der Waals surface area contributed by atoms with Crippen LogP contribution in [-0.4, -0.2) is 36.4 Å². The van der Waals surface area contributed by atoms with Gasteiger partial charge in [0.05, 0.1) is 19.3 Å². The van der Waals surface area contributed by atoms with E-state index in [1.54, 1.807) is 13.8 Å². The first-order valence-corrected chi connectivity index (χ1v) is 3.90. The number of aliphatic hydroxyl groups is 1. The molecule has 0 bridgehead atoms. The third-order valence-electron chi connectivity index (χ3n) is 1.84. The number of rotatable bonds is 4. The van der Waals surface area contributed by atoms with Crippen molar-refractivity contribution in [1.82, 2.24) is 5.32 Å². The number of ether oxygens (including phenoxy) is 1. The predicted octanol–water partition coefficient (Wildman–Crippen LogP) is -0.0916. The lowest BCUT2D eigenvalue weighted by atomic mass is 10.0. The van der Waals surface area contributed by atoms with Crippen molar-refractivity contribution in [2.24, 2.45) is 0 Å². The van der Waals surface area contributed by atoms with E-state index in [-0.39, 0.29) is 18.6 Å². The summed E-state index contributed by atoms with van der Waals surface area (Å²) >= 11 is 0. The van der Waals surface area contributed by atoms with E-state index in [1.165, 1.54) is 7.11 Å². The number of methoxy groups -OCH3 is 1. The highest BCUT2D eigenvalue weighted by molar-refractivity contribution is 5.71. The number of carbonyl (C=O) groups is 1. The Morgan fingerprint density at radius 2 is 2.17 bits per heavy atom. The molecule has 12 heavy (non-hydrogen) atoms. The van der Waals surface area contributed by atoms with Crippen LogP contribution in [0.3, 0.4) is 0 Å². The second-order valence-electron chi connectivity index (χ2n) is 3.33. The number of nitrogens with one attached hydrogen (secondary N) is 1. The van der Waals surface area contributed by atoms with E-state index in [2.05, 4.69) is 10.1 Å². The van der Waals surface area contributed by atoms with Gasteiger partial charge in [0.1, 0.15) is 0 Å². The van der Waals surface area contributed by atoms with Gasteiger partial charge in [-0.25, -0.2) is 0 Å². The fraction of sp³-hybridized carbons (Fsp3) is 0.875. The van der Waals surface area contributed by atoms with Crippen molar-refractivity contribution in [1.29, 1.82) is 0 Å². The van der Waals surface area contributed by atoms with Crippen molar-refractivity contribution in [3.63, 3.8) is 0 Å². The Morgan fingerprint density at radius 1 is 1.67 bits per heavy atom. The average Bonchev–Trinajstić information content (AvgIpc) is 1.97. The third kappa shape index (κ3) is 4.31. The molecule has 0 saturated carbocycles. The van der Waals surface area contributed by atoms with Gasteiger partial charge >= 0.3 is 5.97 Å². The summed E-state index contributed by atoms with van der Waals surface area (Å²) < 4.78 is 4.43. The number of carbonyl (C=O) groups excluding carboxylic acids is 1. The molecule has 0 amide bonds. The van der Waals surface area contributed by atoms with Gasteiger partial charge in [0.25, 0.3) is 0 Å². The van der Waals surface area contributed by atoms with Crippen LogP contribution in [0.4, 0.5) is 0 Å². The Labute approximate surface area is 72.9 Å². The summed E-state index contributed by atoms with van der Waals surface area (Å²) in [6.07, 6.45) is 0. The Bertz CT molecular complexity index is 151. The van der Waals surface area contributed by atoms with Gasteiger partial charge in [0.15, 0.2) is 0 Å². The molecule has 0 saturated heterocycles. The quantitative estimate of drug-likeness (QED) is 0.586. The van der Waals surface area contributed by atoms with E-state index in [9.17, 15) is 9.90 Å². The minimum atomic E-state index is -0.825. The van der Waals surface area contributed by atoms with E-state index in [0.717, 1.165) is 0 Å². The minimum absolute atomic E-state index is 0.127. The third-order valence-corrected chi connectivity index (χ3v) is 1.84. The summed E-state index contributed by atoms with van der Waals surface area (Å²) in [6, 6.07) is -0.142. The first-order chi connectivity index (χ1) is 5.38. The first kappa shape index (κ1) is 11.4. The summed E-state index contributed by atoms with van der Waals surface area (Å²) in [5, 5.41) is 12.3. The van der Waals surface area contributed by atoms with Crippen LogP contribution in [0.5, 0.6) is 0 Å². The molecule has 4 nitrogen and oxygen atoms in total. The molecule has 0 aromatic rings. The topological polar surface area (TPSA) is 58.6 Å². The lowest BCUT2D eigenvalue weighted by Gasteiger charge is -2.26. The molecule has 0 aliphatic heterocycles. The molecular weight excluding hydrogens is 158 g/mol. The summed E-state index contributed by atoms with van der Waals surface area (Å²) in [7, 11) is 1.33. The second-order valence-corrected chi connectivity index (χ2v) is 3.33. The molecular formula is C8H17NO3. The van der Waals surface area contributed by atoms with Crippen LogP contribution >= 0.6 is 0 Å². The molecule has 2 N–H and O–H groups in total. The van der Waals surface area contributed by atoms with Crippen LogP contribution < -0.4 is 5.32 Å². The fourth-order valence-corrected chi connectivity index (χ4v) is 0.558. The summed E-state index contributed by atoms with van der Waals surface area (Å²) in [5.74, 6) is -0.328. The Kier molecular flexibility index (Phi) is 4.20. The molecule has 0 heterocycles. The first-order valence-electron chi connectivity index (χ1n) is 3.90. The molecule has 72 valence electrons. The van der Waals surface area contributed by atoms with Gasteiger partial charge in [-0.3, -0.25) is 4.79 Å². The Hall–Kier alpha value is -0.610. The molecule has 0 rings (SSSR count). The highest BCUT2D eigenvalue weighted by Crippen LogP contribution is 2.06. The van der Waals surface area contributed by atoms with Crippen LogP contribution in [0.1, 0.15) is 20.8 Å². The van der Waals surface area contributed by atoms with Crippen molar-refractivity contribution >= 4 is 5.97 Å². The van der Waals surface area contributed by atoms with Crippen molar-refractivity contribution in [2.45, 2.75) is 32.4 Å². The molecule has 4 heteroatoms. The van der Waals surface area contributed by atoms with Crippen LogP contribution in [-0.2, 0) is 9.53 Å². The van der Waals surface area contributed by atoms with E-state index in [4.69, 9.17) is 0 Å². The summed E-state index contributed by atoms with van der Waals surface area (Å²) in [6.45, 7) is 5.30. The predicted molar refractivity (Wildman–Crippen MR) is 45.8 cm³/mol. The monoisotopic (exact) mass is 175 g/mol. The van der Waals surface area contributed by atoms with Gasteiger partial charge < -0.3 is 15.2 Å². The molecule has 0 aromatic carbocycles. The largest absolute Gasteiger partial charge is 0.468 e. The highest BCUT2D eigenvalue weighted by Gasteiger charge is 2.22. The zero-order chi connectivity index (χ0) is 9.78.